The standard InChI is InChI=1S/C12H15NO3/c1-16-12(15)11(13-9-4-5-9)8-2-6-10(14)7-3-8/h2-3,6-7,9,11,13-14H,4-5H2,1H3. The van der Waals surface area contributed by atoms with E-state index in [1.54, 1.807) is 24.3 Å². The van der Waals surface area contributed by atoms with Gasteiger partial charge in [-0.2, -0.15) is 0 Å². The molecule has 0 bridgehead atoms. The van der Waals surface area contributed by atoms with Gasteiger partial charge in [0.1, 0.15) is 11.8 Å². The minimum absolute atomic E-state index is 0.193. The highest BCUT2D eigenvalue weighted by Gasteiger charge is 2.29. The third-order valence-corrected chi connectivity index (χ3v) is 2.64. The van der Waals surface area contributed by atoms with E-state index in [9.17, 15) is 9.90 Å². The van der Waals surface area contributed by atoms with Crippen molar-refractivity contribution in [2.24, 2.45) is 0 Å². The quantitative estimate of drug-likeness (QED) is 0.754. The van der Waals surface area contributed by atoms with Crippen molar-refractivity contribution in [3.8, 4) is 5.75 Å². The van der Waals surface area contributed by atoms with E-state index in [1.165, 1.54) is 7.11 Å². The smallest absolute Gasteiger partial charge is 0.327 e. The van der Waals surface area contributed by atoms with Crippen molar-refractivity contribution < 1.29 is 14.6 Å². The lowest BCUT2D eigenvalue weighted by Gasteiger charge is -2.16. The van der Waals surface area contributed by atoms with Crippen LogP contribution in [0.3, 0.4) is 0 Å². The van der Waals surface area contributed by atoms with Crippen LogP contribution in [-0.4, -0.2) is 24.2 Å². The average molecular weight is 221 g/mol. The summed E-state index contributed by atoms with van der Waals surface area (Å²) in [6.07, 6.45) is 2.21. The van der Waals surface area contributed by atoms with Crippen LogP contribution in [0.4, 0.5) is 0 Å². The van der Waals surface area contributed by atoms with E-state index in [4.69, 9.17) is 4.74 Å². The fraction of sp³-hybridized carbons (Fsp3) is 0.417. The molecule has 1 aromatic rings. The number of hydrogen-bond donors (Lipinski definition) is 2. The van der Waals surface area contributed by atoms with Gasteiger partial charge in [0.2, 0.25) is 0 Å². The van der Waals surface area contributed by atoms with Gasteiger partial charge in [-0.3, -0.25) is 5.32 Å². The zero-order valence-electron chi connectivity index (χ0n) is 9.14. The van der Waals surface area contributed by atoms with E-state index >= 15 is 0 Å². The molecular formula is C12H15NO3. The van der Waals surface area contributed by atoms with Gasteiger partial charge in [-0.25, -0.2) is 4.79 Å². The van der Waals surface area contributed by atoms with Crippen molar-refractivity contribution in [1.29, 1.82) is 0 Å². The fourth-order valence-electron chi connectivity index (χ4n) is 1.57. The van der Waals surface area contributed by atoms with E-state index in [0.29, 0.717) is 6.04 Å². The third-order valence-electron chi connectivity index (χ3n) is 2.64. The molecule has 86 valence electrons. The molecule has 1 unspecified atom stereocenters. The molecule has 1 aliphatic rings. The van der Waals surface area contributed by atoms with Crippen LogP contribution in [0, 0.1) is 0 Å². The Bertz CT molecular complexity index is 370. The summed E-state index contributed by atoms with van der Waals surface area (Å²) in [6, 6.07) is 6.58. The number of benzene rings is 1. The first-order valence-electron chi connectivity index (χ1n) is 5.33. The topological polar surface area (TPSA) is 58.6 Å². The van der Waals surface area contributed by atoms with Crippen molar-refractivity contribution in [1.82, 2.24) is 5.32 Å². The predicted octanol–water partition coefficient (Wildman–Crippen LogP) is 1.36. The van der Waals surface area contributed by atoms with E-state index in [0.717, 1.165) is 18.4 Å². The van der Waals surface area contributed by atoms with Gasteiger partial charge in [0.15, 0.2) is 0 Å². The molecular weight excluding hydrogens is 206 g/mol. The Morgan fingerprint density at radius 3 is 2.56 bits per heavy atom. The van der Waals surface area contributed by atoms with Gasteiger partial charge in [-0.05, 0) is 30.5 Å². The predicted molar refractivity (Wildman–Crippen MR) is 59.0 cm³/mol. The number of hydrogen-bond acceptors (Lipinski definition) is 4. The summed E-state index contributed by atoms with van der Waals surface area (Å²) in [5.74, 6) is -0.101. The summed E-state index contributed by atoms with van der Waals surface area (Å²) in [4.78, 5) is 11.6. The van der Waals surface area contributed by atoms with Gasteiger partial charge in [0.05, 0.1) is 7.11 Å². The Morgan fingerprint density at radius 1 is 1.44 bits per heavy atom. The van der Waals surface area contributed by atoms with Gasteiger partial charge in [-0.15, -0.1) is 0 Å². The highest BCUT2D eigenvalue weighted by molar-refractivity contribution is 5.77. The number of carbonyl (C=O) groups excluding carboxylic acids is 1. The molecule has 1 saturated carbocycles. The first kappa shape index (κ1) is 11.0. The van der Waals surface area contributed by atoms with Crippen LogP contribution >= 0.6 is 0 Å². The SMILES string of the molecule is COC(=O)C(NC1CC1)c1ccc(O)cc1. The summed E-state index contributed by atoms with van der Waals surface area (Å²) in [6.45, 7) is 0. The Labute approximate surface area is 94.2 Å². The summed E-state index contributed by atoms with van der Waals surface area (Å²) in [7, 11) is 1.38. The van der Waals surface area contributed by atoms with E-state index in [-0.39, 0.29) is 11.7 Å². The number of nitrogens with one attached hydrogen (secondary N) is 1. The molecule has 2 N–H and O–H groups in total. The van der Waals surface area contributed by atoms with Gasteiger partial charge in [-0.1, -0.05) is 12.1 Å². The second-order valence-electron chi connectivity index (χ2n) is 3.99. The Kier molecular flexibility index (Phi) is 3.10. The molecule has 4 nitrogen and oxygen atoms in total. The van der Waals surface area contributed by atoms with Crippen molar-refractivity contribution >= 4 is 5.97 Å². The normalized spacial score (nSPS) is 16.8. The lowest BCUT2D eigenvalue weighted by atomic mass is 10.1. The minimum Gasteiger partial charge on any atom is -0.508 e. The molecule has 0 heterocycles. The maximum absolute atomic E-state index is 11.6. The van der Waals surface area contributed by atoms with Crippen LogP contribution in [-0.2, 0) is 9.53 Å². The number of carbonyl (C=O) groups is 1. The second-order valence-corrected chi connectivity index (χ2v) is 3.99. The van der Waals surface area contributed by atoms with Crippen LogP contribution in [0.1, 0.15) is 24.4 Å². The van der Waals surface area contributed by atoms with Crippen molar-refractivity contribution in [2.45, 2.75) is 24.9 Å². The number of phenolic OH excluding ortho intramolecular Hbond substituents is 1. The summed E-state index contributed by atoms with van der Waals surface area (Å²) in [5.41, 5.74) is 0.816. The number of esters is 1. The van der Waals surface area contributed by atoms with E-state index in [2.05, 4.69) is 5.32 Å². The van der Waals surface area contributed by atoms with Crippen LogP contribution in [0.15, 0.2) is 24.3 Å². The highest BCUT2D eigenvalue weighted by atomic mass is 16.5. The monoisotopic (exact) mass is 221 g/mol. The molecule has 0 aliphatic heterocycles. The Hall–Kier alpha value is -1.55. The zero-order valence-corrected chi connectivity index (χ0v) is 9.14. The van der Waals surface area contributed by atoms with Crippen LogP contribution in [0.5, 0.6) is 5.75 Å². The molecule has 1 aromatic carbocycles. The lowest BCUT2D eigenvalue weighted by molar-refractivity contribution is -0.143. The second kappa shape index (κ2) is 4.53. The summed E-state index contributed by atoms with van der Waals surface area (Å²) < 4.78 is 4.76. The minimum atomic E-state index is -0.432. The summed E-state index contributed by atoms with van der Waals surface area (Å²) >= 11 is 0. The van der Waals surface area contributed by atoms with Crippen molar-refractivity contribution in [3.63, 3.8) is 0 Å². The van der Waals surface area contributed by atoms with E-state index < -0.39 is 6.04 Å². The molecule has 2 rings (SSSR count). The third kappa shape index (κ3) is 2.52. The van der Waals surface area contributed by atoms with Gasteiger partial charge in [0.25, 0.3) is 0 Å². The molecule has 1 fully saturated rings. The molecule has 16 heavy (non-hydrogen) atoms. The number of rotatable bonds is 4. The maximum Gasteiger partial charge on any atom is 0.327 e. The van der Waals surface area contributed by atoms with Gasteiger partial charge in [0, 0.05) is 6.04 Å². The molecule has 0 aromatic heterocycles. The Balaban J connectivity index is 2.15. The number of methoxy groups -OCH3 is 1. The zero-order chi connectivity index (χ0) is 11.5. The van der Waals surface area contributed by atoms with E-state index in [1.807, 2.05) is 0 Å². The van der Waals surface area contributed by atoms with Crippen LogP contribution in [0.25, 0.3) is 0 Å². The maximum atomic E-state index is 11.6. The molecule has 1 aliphatic carbocycles. The molecule has 1 atom stereocenters. The highest BCUT2D eigenvalue weighted by Crippen LogP contribution is 2.25. The molecule has 0 spiro atoms. The molecule has 0 radical (unpaired) electrons. The summed E-state index contributed by atoms with van der Waals surface area (Å²) in [5, 5.41) is 12.4. The van der Waals surface area contributed by atoms with Crippen molar-refractivity contribution in [3.05, 3.63) is 29.8 Å². The first-order chi connectivity index (χ1) is 7.70. The van der Waals surface area contributed by atoms with Crippen LogP contribution < -0.4 is 5.32 Å². The average Bonchev–Trinajstić information content (AvgIpc) is 3.10. The Morgan fingerprint density at radius 2 is 2.06 bits per heavy atom. The van der Waals surface area contributed by atoms with Gasteiger partial charge >= 0.3 is 5.97 Å². The number of phenols is 1. The largest absolute Gasteiger partial charge is 0.508 e. The lowest BCUT2D eigenvalue weighted by Crippen LogP contribution is -2.31. The first-order valence-corrected chi connectivity index (χ1v) is 5.33. The molecule has 0 saturated heterocycles. The van der Waals surface area contributed by atoms with Gasteiger partial charge < -0.3 is 9.84 Å². The number of ether oxygens (including phenoxy) is 1. The molecule has 4 heteroatoms. The number of aromatic hydroxyl groups is 1. The van der Waals surface area contributed by atoms with Crippen LogP contribution in [0.2, 0.25) is 0 Å². The molecule has 0 amide bonds. The van der Waals surface area contributed by atoms with Crippen molar-refractivity contribution in [2.75, 3.05) is 7.11 Å². The fourth-order valence-corrected chi connectivity index (χ4v) is 1.57.